The Balaban J connectivity index is 1.55. The maximum Gasteiger partial charge on any atom is 0.416 e. The van der Waals surface area contributed by atoms with E-state index in [9.17, 15) is 27.9 Å². The number of alkyl halides is 3. The number of anilines is 1. The largest absolute Gasteiger partial charge is 0.416 e. The van der Waals surface area contributed by atoms with Crippen molar-refractivity contribution in [3.05, 3.63) is 83.7 Å². The lowest BCUT2D eigenvalue weighted by Gasteiger charge is -2.24. The third-order valence-electron chi connectivity index (χ3n) is 5.68. The van der Waals surface area contributed by atoms with Crippen LogP contribution >= 0.6 is 0 Å². The number of pyridine rings is 1. The molecule has 0 aliphatic carbocycles. The van der Waals surface area contributed by atoms with Gasteiger partial charge in [-0.25, -0.2) is 9.97 Å². The van der Waals surface area contributed by atoms with Crippen molar-refractivity contribution in [2.24, 2.45) is 0 Å². The van der Waals surface area contributed by atoms with Crippen molar-refractivity contribution >= 4 is 28.4 Å². The number of fused-ring (bicyclic) bond motifs is 1. The van der Waals surface area contributed by atoms with Gasteiger partial charge in [-0.2, -0.15) is 13.2 Å². The number of hydrogen-bond acceptors (Lipinski definition) is 6. The van der Waals surface area contributed by atoms with Crippen molar-refractivity contribution in [3.63, 3.8) is 0 Å². The fourth-order valence-electron chi connectivity index (χ4n) is 3.67. The minimum Gasteiger partial charge on any atom is -0.394 e. The maximum absolute atomic E-state index is 13.4. The van der Waals surface area contributed by atoms with Gasteiger partial charge < -0.3 is 15.0 Å². The Morgan fingerprint density at radius 3 is 2.44 bits per heavy atom. The Labute approximate surface area is 203 Å². The van der Waals surface area contributed by atoms with Crippen LogP contribution in [0.3, 0.4) is 0 Å². The first-order valence-corrected chi connectivity index (χ1v) is 10.9. The fourth-order valence-corrected chi connectivity index (χ4v) is 3.67. The highest BCUT2D eigenvalue weighted by Crippen LogP contribution is 2.30. The lowest BCUT2D eigenvalue weighted by Crippen LogP contribution is -2.30. The molecule has 8 nitrogen and oxygen atoms in total. The molecule has 0 unspecified atom stereocenters. The Kier molecular flexibility index (Phi) is 6.59. The normalized spacial score (nSPS) is 12.1. The van der Waals surface area contributed by atoms with Gasteiger partial charge >= 0.3 is 6.18 Å². The zero-order chi connectivity index (χ0) is 26.1. The summed E-state index contributed by atoms with van der Waals surface area (Å²) in [6.45, 7) is 3.42. The number of ketones is 1. The summed E-state index contributed by atoms with van der Waals surface area (Å²) in [5, 5.41) is 12.9. The molecule has 2 N–H and O–H groups in total. The molecule has 0 spiro atoms. The van der Waals surface area contributed by atoms with E-state index >= 15 is 0 Å². The van der Waals surface area contributed by atoms with E-state index in [1.807, 2.05) is 0 Å². The fraction of sp³-hybridized carbons (Fsp3) is 0.240. The molecular weight excluding hydrogens is 475 g/mol. The second kappa shape index (κ2) is 9.50. The van der Waals surface area contributed by atoms with Gasteiger partial charge in [0, 0.05) is 29.5 Å². The summed E-state index contributed by atoms with van der Waals surface area (Å²) < 4.78 is 39.9. The molecule has 0 fully saturated rings. The SMILES string of the molecule is CC(C)(CO)n1cc(C(=O)c2cncc(NC(=O)Cc3ccc(C(F)(F)F)cc3)c2)c2cncnc21. The average molecular weight is 497 g/mol. The number of carbonyl (C=O) groups excluding carboxylic acids is 2. The van der Waals surface area contributed by atoms with Crippen LogP contribution in [0, 0.1) is 0 Å². The summed E-state index contributed by atoms with van der Waals surface area (Å²) in [6, 6.07) is 5.78. The Bertz CT molecular complexity index is 1430. The number of aliphatic hydroxyl groups excluding tert-OH is 1. The molecule has 0 saturated heterocycles. The molecule has 0 saturated carbocycles. The molecule has 186 valence electrons. The zero-order valence-corrected chi connectivity index (χ0v) is 19.4. The molecule has 0 bridgehead atoms. The van der Waals surface area contributed by atoms with Crippen molar-refractivity contribution in [3.8, 4) is 0 Å². The van der Waals surface area contributed by atoms with Gasteiger partial charge in [0.2, 0.25) is 5.91 Å². The second-order valence-corrected chi connectivity index (χ2v) is 8.85. The summed E-state index contributed by atoms with van der Waals surface area (Å²) in [4.78, 5) is 38.1. The standard InChI is InChI=1S/C25H22F3N5O3/c1-24(2,13-34)33-12-20(19-11-30-14-31-23(19)33)22(36)16-8-18(10-29-9-16)32-21(35)7-15-3-5-17(6-4-15)25(26,27)28/h3-6,8-12,14,34H,7,13H2,1-2H3,(H,32,35). The lowest BCUT2D eigenvalue weighted by atomic mass is 10.1. The number of amides is 1. The number of benzene rings is 1. The summed E-state index contributed by atoms with van der Waals surface area (Å²) in [5.41, 5.74) is 0.137. The smallest absolute Gasteiger partial charge is 0.394 e. The average Bonchev–Trinajstić information content (AvgIpc) is 3.24. The minimum absolute atomic E-state index is 0.155. The van der Waals surface area contributed by atoms with Crippen LogP contribution in [0.25, 0.3) is 11.0 Å². The summed E-state index contributed by atoms with van der Waals surface area (Å²) in [7, 11) is 0. The highest BCUT2D eigenvalue weighted by atomic mass is 19.4. The second-order valence-electron chi connectivity index (χ2n) is 8.85. The predicted molar refractivity (Wildman–Crippen MR) is 125 cm³/mol. The molecule has 0 aliphatic rings. The van der Waals surface area contributed by atoms with E-state index in [4.69, 9.17) is 0 Å². The van der Waals surface area contributed by atoms with E-state index in [2.05, 4.69) is 20.3 Å². The molecule has 0 aliphatic heterocycles. The van der Waals surface area contributed by atoms with Crippen LogP contribution in [-0.2, 0) is 22.9 Å². The van der Waals surface area contributed by atoms with Crippen molar-refractivity contribution < 1.29 is 27.9 Å². The van der Waals surface area contributed by atoms with Crippen molar-refractivity contribution in [1.82, 2.24) is 19.5 Å². The van der Waals surface area contributed by atoms with Gasteiger partial charge in [0.05, 0.1) is 41.6 Å². The van der Waals surface area contributed by atoms with Gasteiger partial charge in [-0.3, -0.25) is 14.6 Å². The molecule has 11 heteroatoms. The summed E-state index contributed by atoms with van der Waals surface area (Å²) >= 11 is 0. The predicted octanol–water partition coefficient (Wildman–Crippen LogP) is 3.98. The van der Waals surface area contributed by atoms with Gasteiger partial charge in [0.1, 0.15) is 12.0 Å². The summed E-state index contributed by atoms with van der Waals surface area (Å²) in [6.07, 6.45) is 2.59. The molecule has 4 aromatic rings. The van der Waals surface area contributed by atoms with E-state index in [0.717, 1.165) is 12.1 Å². The van der Waals surface area contributed by atoms with Crippen molar-refractivity contribution in [1.29, 1.82) is 0 Å². The quantitative estimate of drug-likeness (QED) is 0.374. The van der Waals surface area contributed by atoms with E-state index in [0.29, 0.717) is 22.2 Å². The molecule has 36 heavy (non-hydrogen) atoms. The third-order valence-corrected chi connectivity index (χ3v) is 5.68. The van der Waals surface area contributed by atoms with Crippen LogP contribution in [-0.4, -0.2) is 42.9 Å². The molecule has 0 radical (unpaired) electrons. The van der Waals surface area contributed by atoms with Crippen LogP contribution in [0.15, 0.2) is 61.4 Å². The van der Waals surface area contributed by atoms with Crippen LogP contribution < -0.4 is 5.32 Å². The van der Waals surface area contributed by atoms with Crippen LogP contribution in [0.4, 0.5) is 18.9 Å². The number of aromatic nitrogens is 4. The van der Waals surface area contributed by atoms with Crippen LogP contribution in [0.1, 0.15) is 40.9 Å². The van der Waals surface area contributed by atoms with Gasteiger partial charge in [-0.1, -0.05) is 12.1 Å². The molecule has 1 aromatic carbocycles. The summed E-state index contributed by atoms with van der Waals surface area (Å²) in [5.74, 6) is -0.857. The zero-order valence-electron chi connectivity index (χ0n) is 19.4. The van der Waals surface area contributed by atoms with E-state index in [1.54, 1.807) is 24.6 Å². The first-order valence-electron chi connectivity index (χ1n) is 10.9. The lowest BCUT2D eigenvalue weighted by molar-refractivity contribution is -0.137. The Morgan fingerprint density at radius 1 is 1.06 bits per heavy atom. The third kappa shape index (κ3) is 5.10. The van der Waals surface area contributed by atoms with Crippen molar-refractivity contribution in [2.45, 2.75) is 32.0 Å². The number of nitrogens with zero attached hydrogens (tertiary/aromatic N) is 4. The molecule has 4 rings (SSSR count). The van der Waals surface area contributed by atoms with Gasteiger partial charge in [-0.05, 0) is 37.6 Å². The van der Waals surface area contributed by atoms with Gasteiger partial charge in [0.25, 0.3) is 0 Å². The van der Waals surface area contributed by atoms with Crippen molar-refractivity contribution in [2.75, 3.05) is 11.9 Å². The molecule has 1 amide bonds. The Hall–Kier alpha value is -4.12. The number of rotatable bonds is 7. The number of hydrogen-bond donors (Lipinski definition) is 2. The van der Waals surface area contributed by atoms with E-state index in [1.165, 1.54) is 43.1 Å². The molecular formula is C25H22F3N5O3. The Morgan fingerprint density at radius 2 is 1.78 bits per heavy atom. The number of aliphatic hydroxyl groups is 1. The topological polar surface area (TPSA) is 110 Å². The molecule has 3 aromatic heterocycles. The first kappa shape index (κ1) is 25.0. The maximum atomic E-state index is 13.4. The first-order chi connectivity index (χ1) is 17.0. The van der Waals surface area contributed by atoms with Crippen LogP contribution in [0.2, 0.25) is 0 Å². The van der Waals surface area contributed by atoms with E-state index < -0.39 is 23.2 Å². The number of carbonyl (C=O) groups is 2. The monoisotopic (exact) mass is 497 g/mol. The molecule has 3 heterocycles. The molecule has 0 atom stereocenters. The minimum atomic E-state index is -4.45. The highest BCUT2D eigenvalue weighted by molar-refractivity contribution is 6.16. The van der Waals surface area contributed by atoms with Crippen LogP contribution in [0.5, 0.6) is 0 Å². The van der Waals surface area contributed by atoms with Gasteiger partial charge in [0.15, 0.2) is 5.78 Å². The number of halogens is 3. The van der Waals surface area contributed by atoms with E-state index in [-0.39, 0.29) is 30.1 Å². The number of nitrogens with one attached hydrogen (secondary N) is 1. The van der Waals surface area contributed by atoms with Gasteiger partial charge in [-0.15, -0.1) is 0 Å². The highest BCUT2D eigenvalue weighted by Gasteiger charge is 2.30.